The molecule has 6 heteroatoms. The van der Waals surface area contributed by atoms with Gasteiger partial charge in [-0.2, -0.15) is 0 Å². The summed E-state index contributed by atoms with van der Waals surface area (Å²) >= 11 is 18.0. The molecule has 5 atom stereocenters. The lowest BCUT2D eigenvalue weighted by Gasteiger charge is -2.31. The molecule has 0 aromatic heterocycles. The second-order valence-corrected chi connectivity index (χ2v) is 9.36. The van der Waals surface area contributed by atoms with Crippen molar-refractivity contribution in [1.82, 2.24) is 5.32 Å². The van der Waals surface area contributed by atoms with Crippen molar-refractivity contribution in [3.8, 4) is 5.75 Å². The van der Waals surface area contributed by atoms with Crippen LogP contribution in [0.4, 0.5) is 0 Å². The molecule has 0 saturated heterocycles. The van der Waals surface area contributed by atoms with E-state index in [9.17, 15) is 4.79 Å². The third kappa shape index (κ3) is 4.12. The number of carbonyl (C=O) groups is 1. The Morgan fingerprint density at radius 1 is 1.21 bits per heavy atom. The zero-order chi connectivity index (χ0) is 17.3. The number of benzene rings is 1. The number of amides is 1. The Morgan fingerprint density at radius 2 is 1.92 bits per heavy atom. The van der Waals surface area contributed by atoms with E-state index in [1.807, 2.05) is 25.1 Å². The first-order valence-electron chi connectivity index (χ1n) is 8.43. The van der Waals surface area contributed by atoms with Gasteiger partial charge in [0.25, 0.3) is 0 Å². The Bertz CT molecular complexity index is 575. The summed E-state index contributed by atoms with van der Waals surface area (Å²) in [6, 6.07) is 9.03. The van der Waals surface area contributed by atoms with E-state index in [2.05, 4.69) is 5.32 Å². The highest BCUT2D eigenvalue weighted by molar-refractivity contribution is 6.68. The first kappa shape index (κ1) is 18.2. The molecule has 2 fully saturated rings. The zero-order valence-electron chi connectivity index (χ0n) is 13.6. The maximum Gasteiger partial charge on any atom is 0.246 e. The molecular formula is C18H22Cl3NO2. The van der Waals surface area contributed by atoms with Gasteiger partial charge in [0, 0.05) is 5.92 Å². The highest BCUT2D eigenvalue weighted by atomic mass is 35.6. The van der Waals surface area contributed by atoms with Gasteiger partial charge in [-0.15, -0.1) is 0 Å². The van der Waals surface area contributed by atoms with Gasteiger partial charge in [0.05, 0.1) is 0 Å². The average Bonchev–Trinajstić information content (AvgIpc) is 3.16. The van der Waals surface area contributed by atoms with Crippen LogP contribution in [0.15, 0.2) is 30.3 Å². The molecule has 1 aromatic carbocycles. The molecule has 1 amide bonds. The van der Waals surface area contributed by atoms with Gasteiger partial charge in [0.1, 0.15) is 5.75 Å². The SMILES string of the molecule is C[C@H](C(=O)N[C@H](Oc1ccccc1)C(Cl)(Cl)Cl)[C@@H]1C[C@H]2CC[C@H]1C2. The number of rotatable bonds is 5. The second-order valence-electron chi connectivity index (χ2n) is 6.99. The Morgan fingerprint density at radius 3 is 2.46 bits per heavy atom. The minimum atomic E-state index is -1.75. The summed E-state index contributed by atoms with van der Waals surface area (Å²) in [5.41, 5.74) is 0. The Labute approximate surface area is 158 Å². The fraction of sp³-hybridized carbons (Fsp3) is 0.611. The van der Waals surface area contributed by atoms with Crippen molar-refractivity contribution in [2.45, 2.75) is 42.6 Å². The average molecular weight is 391 g/mol. The van der Waals surface area contributed by atoms with Gasteiger partial charge in [-0.25, -0.2) is 0 Å². The predicted molar refractivity (Wildman–Crippen MR) is 97.4 cm³/mol. The number of fused-ring (bicyclic) bond motifs is 2. The molecule has 3 nitrogen and oxygen atoms in total. The lowest BCUT2D eigenvalue weighted by Crippen LogP contribution is -2.50. The van der Waals surface area contributed by atoms with Crippen molar-refractivity contribution in [2.24, 2.45) is 23.7 Å². The molecule has 132 valence electrons. The van der Waals surface area contributed by atoms with Gasteiger partial charge in [-0.3, -0.25) is 4.79 Å². The summed E-state index contributed by atoms with van der Waals surface area (Å²) in [6.07, 6.45) is 3.91. The van der Waals surface area contributed by atoms with Crippen molar-refractivity contribution in [2.75, 3.05) is 0 Å². The van der Waals surface area contributed by atoms with Crippen molar-refractivity contribution in [3.05, 3.63) is 30.3 Å². The van der Waals surface area contributed by atoms with E-state index in [1.54, 1.807) is 12.1 Å². The molecule has 0 radical (unpaired) electrons. The third-order valence-corrected chi connectivity index (χ3v) is 6.01. The number of carbonyl (C=O) groups excluding carboxylic acids is 1. The molecule has 0 aliphatic heterocycles. The molecular weight excluding hydrogens is 369 g/mol. The Hall–Kier alpha value is -0.640. The molecule has 24 heavy (non-hydrogen) atoms. The van der Waals surface area contributed by atoms with E-state index in [4.69, 9.17) is 39.5 Å². The monoisotopic (exact) mass is 389 g/mol. The molecule has 0 unspecified atom stereocenters. The molecule has 2 bridgehead atoms. The molecule has 0 spiro atoms. The van der Waals surface area contributed by atoms with E-state index in [0.717, 1.165) is 12.3 Å². The molecule has 1 aromatic rings. The summed E-state index contributed by atoms with van der Waals surface area (Å²) < 4.78 is 3.95. The molecule has 2 aliphatic rings. The van der Waals surface area contributed by atoms with E-state index in [0.29, 0.717) is 17.6 Å². The number of nitrogens with one attached hydrogen (secondary N) is 1. The Balaban J connectivity index is 1.64. The zero-order valence-corrected chi connectivity index (χ0v) is 15.8. The van der Waals surface area contributed by atoms with Gasteiger partial charge in [0.15, 0.2) is 0 Å². The maximum atomic E-state index is 12.7. The van der Waals surface area contributed by atoms with Gasteiger partial charge in [-0.1, -0.05) is 66.3 Å². The van der Waals surface area contributed by atoms with E-state index in [1.165, 1.54) is 19.3 Å². The second kappa shape index (κ2) is 7.31. The van der Waals surface area contributed by atoms with Gasteiger partial charge < -0.3 is 10.1 Å². The van der Waals surface area contributed by atoms with Crippen LogP contribution in [0.3, 0.4) is 0 Å². The quantitative estimate of drug-likeness (QED) is 0.570. The van der Waals surface area contributed by atoms with Crippen LogP contribution in [0.1, 0.15) is 32.6 Å². The number of alkyl halides is 3. The normalized spacial score (nSPS) is 28.4. The van der Waals surface area contributed by atoms with Crippen LogP contribution in [0.5, 0.6) is 5.75 Å². The van der Waals surface area contributed by atoms with E-state index < -0.39 is 10.0 Å². The van der Waals surface area contributed by atoms with Crippen LogP contribution in [0.25, 0.3) is 0 Å². The standard InChI is InChI=1S/C18H22Cl3NO2/c1-11(15-10-12-7-8-13(15)9-12)16(23)22-17(18(19,20)21)24-14-5-3-2-4-6-14/h2-6,11-13,15,17H,7-10H2,1H3,(H,22,23)/t11-,12-,13-,15-,17+/m0/s1. The van der Waals surface area contributed by atoms with Gasteiger partial charge in [-0.05, 0) is 49.1 Å². The fourth-order valence-electron chi connectivity index (χ4n) is 4.17. The van der Waals surface area contributed by atoms with Gasteiger partial charge in [0.2, 0.25) is 15.9 Å². The minimum absolute atomic E-state index is 0.102. The number of ether oxygens (including phenoxy) is 1. The Kier molecular flexibility index (Phi) is 5.53. The smallest absolute Gasteiger partial charge is 0.246 e. The summed E-state index contributed by atoms with van der Waals surface area (Å²) in [5.74, 6) is 2.21. The molecule has 3 rings (SSSR count). The number of para-hydroxylation sites is 1. The van der Waals surface area contributed by atoms with Crippen LogP contribution < -0.4 is 10.1 Å². The molecule has 2 saturated carbocycles. The molecule has 2 aliphatic carbocycles. The highest BCUT2D eigenvalue weighted by Gasteiger charge is 2.45. The lowest BCUT2D eigenvalue weighted by atomic mass is 9.80. The van der Waals surface area contributed by atoms with Crippen molar-refractivity contribution >= 4 is 40.7 Å². The molecule has 1 N–H and O–H groups in total. The first-order valence-corrected chi connectivity index (χ1v) is 9.57. The van der Waals surface area contributed by atoms with Crippen LogP contribution in [-0.4, -0.2) is 15.9 Å². The van der Waals surface area contributed by atoms with Gasteiger partial charge >= 0.3 is 0 Å². The first-order chi connectivity index (χ1) is 11.3. The molecule has 0 heterocycles. The van der Waals surface area contributed by atoms with Crippen molar-refractivity contribution in [1.29, 1.82) is 0 Å². The summed E-state index contributed by atoms with van der Waals surface area (Å²) in [7, 11) is 0. The van der Waals surface area contributed by atoms with E-state index >= 15 is 0 Å². The third-order valence-electron chi connectivity index (χ3n) is 5.42. The van der Waals surface area contributed by atoms with Crippen molar-refractivity contribution < 1.29 is 9.53 Å². The topological polar surface area (TPSA) is 38.3 Å². The summed E-state index contributed by atoms with van der Waals surface area (Å²) in [4.78, 5) is 12.7. The van der Waals surface area contributed by atoms with E-state index in [-0.39, 0.29) is 11.8 Å². The number of hydrogen-bond donors (Lipinski definition) is 1. The summed E-state index contributed by atoms with van der Waals surface area (Å²) in [5, 5.41) is 2.78. The van der Waals surface area contributed by atoms with Crippen LogP contribution in [0, 0.1) is 23.7 Å². The predicted octanol–water partition coefficient (Wildman–Crippen LogP) is 4.95. The van der Waals surface area contributed by atoms with Crippen LogP contribution in [0.2, 0.25) is 0 Å². The highest BCUT2D eigenvalue weighted by Crippen LogP contribution is 2.51. The van der Waals surface area contributed by atoms with Crippen LogP contribution in [-0.2, 0) is 4.79 Å². The maximum absolute atomic E-state index is 12.7. The number of hydrogen-bond acceptors (Lipinski definition) is 2. The van der Waals surface area contributed by atoms with Crippen LogP contribution >= 0.6 is 34.8 Å². The lowest BCUT2D eigenvalue weighted by molar-refractivity contribution is -0.129. The number of halogens is 3. The summed E-state index contributed by atoms with van der Waals surface area (Å²) in [6.45, 7) is 1.97. The van der Waals surface area contributed by atoms with Crippen molar-refractivity contribution in [3.63, 3.8) is 0 Å². The fourth-order valence-corrected chi connectivity index (χ4v) is 4.47. The minimum Gasteiger partial charge on any atom is -0.466 e. The largest absolute Gasteiger partial charge is 0.466 e.